The second-order valence-corrected chi connectivity index (χ2v) is 4.91. The largest absolute Gasteiger partial charge is 0.497 e. The zero-order chi connectivity index (χ0) is 13.8. The number of piperidine rings is 1. The van der Waals surface area contributed by atoms with Gasteiger partial charge in [-0.25, -0.2) is 0 Å². The average molecular weight is 263 g/mol. The molecule has 1 heterocycles. The fourth-order valence-electron chi connectivity index (χ4n) is 2.53. The molecule has 0 saturated carbocycles. The molecule has 0 radical (unpaired) electrons. The van der Waals surface area contributed by atoms with Crippen molar-refractivity contribution in [2.24, 2.45) is 0 Å². The van der Waals surface area contributed by atoms with Crippen LogP contribution in [0.15, 0.2) is 18.2 Å². The number of rotatable bonds is 3. The van der Waals surface area contributed by atoms with Crippen molar-refractivity contribution >= 4 is 5.91 Å². The van der Waals surface area contributed by atoms with E-state index < -0.39 is 0 Å². The zero-order valence-electron chi connectivity index (χ0n) is 11.8. The minimum Gasteiger partial charge on any atom is -0.497 e. The van der Waals surface area contributed by atoms with Gasteiger partial charge in [-0.1, -0.05) is 0 Å². The summed E-state index contributed by atoms with van der Waals surface area (Å²) in [6.07, 6.45) is 3.35. The molecule has 1 aliphatic heterocycles. The third kappa shape index (κ3) is 2.83. The maximum atomic E-state index is 12.6. The van der Waals surface area contributed by atoms with Crippen LogP contribution in [0.2, 0.25) is 0 Å². The monoisotopic (exact) mass is 263 g/mol. The van der Waals surface area contributed by atoms with Gasteiger partial charge < -0.3 is 14.4 Å². The van der Waals surface area contributed by atoms with E-state index in [1.54, 1.807) is 32.4 Å². The highest BCUT2D eigenvalue weighted by molar-refractivity contribution is 5.97. The van der Waals surface area contributed by atoms with Crippen LogP contribution >= 0.6 is 0 Å². The van der Waals surface area contributed by atoms with Gasteiger partial charge in [-0.15, -0.1) is 0 Å². The first-order valence-corrected chi connectivity index (χ1v) is 6.70. The molecule has 1 amide bonds. The van der Waals surface area contributed by atoms with Crippen molar-refractivity contribution in [2.45, 2.75) is 32.2 Å². The van der Waals surface area contributed by atoms with Crippen LogP contribution in [0.1, 0.15) is 36.5 Å². The van der Waals surface area contributed by atoms with Gasteiger partial charge in [0.1, 0.15) is 11.5 Å². The predicted octanol–water partition coefficient (Wildman–Crippen LogP) is 2.72. The standard InChI is InChI=1S/C15H21NO3/c1-11-6-4-5-9-16(11)15(17)13-8-7-12(18-2)10-14(13)19-3/h7-8,10-11H,4-6,9H2,1-3H3. The summed E-state index contributed by atoms with van der Waals surface area (Å²) in [7, 11) is 3.17. The molecule has 1 aliphatic rings. The van der Waals surface area contributed by atoms with E-state index in [2.05, 4.69) is 6.92 Å². The van der Waals surface area contributed by atoms with E-state index in [0.717, 1.165) is 19.4 Å². The first kappa shape index (κ1) is 13.7. The summed E-state index contributed by atoms with van der Waals surface area (Å²) in [6.45, 7) is 2.93. The van der Waals surface area contributed by atoms with Gasteiger partial charge >= 0.3 is 0 Å². The molecule has 0 aromatic heterocycles. The third-order valence-electron chi connectivity index (χ3n) is 3.70. The van der Waals surface area contributed by atoms with Crippen molar-refractivity contribution in [3.05, 3.63) is 23.8 Å². The lowest BCUT2D eigenvalue weighted by atomic mass is 10.0. The molecule has 1 unspecified atom stereocenters. The molecule has 4 heteroatoms. The number of benzene rings is 1. The molecular weight excluding hydrogens is 242 g/mol. The Balaban J connectivity index is 2.27. The van der Waals surface area contributed by atoms with Crippen LogP contribution in [0.4, 0.5) is 0 Å². The third-order valence-corrected chi connectivity index (χ3v) is 3.70. The molecule has 104 valence electrons. The van der Waals surface area contributed by atoms with Gasteiger partial charge in [0.2, 0.25) is 0 Å². The van der Waals surface area contributed by atoms with Crippen LogP contribution in [0.5, 0.6) is 11.5 Å². The van der Waals surface area contributed by atoms with Gasteiger partial charge in [0.15, 0.2) is 0 Å². The summed E-state index contributed by atoms with van der Waals surface area (Å²) in [5, 5.41) is 0. The Morgan fingerprint density at radius 1 is 1.26 bits per heavy atom. The molecule has 1 aromatic carbocycles. The SMILES string of the molecule is COc1ccc(C(=O)N2CCCCC2C)c(OC)c1. The maximum absolute atomic E-state index is 12.6. The van der Waals surface area contributed by atoms with Crippen molar-refractivity contribution in [3.8, 4) is 11.5 Å². The van der Waals surface area contributed by atoms with Gasteiger partial charge in [0.05, 0.1) is 19.8 Å². The Morgan fingerprint density at radius 3 is 2.68 bits per heavy atom. The van der Waals surface area contributed by atoms with Crippen molar-refractivity contribution < 1.29 is 14.3 Å². The Bertz CT molecular complexity index is 459. The molecule has 0 spiro atoms. The molecule has 0 bridgehead atoms. The van der Waals surface area contributed by atoms with E-state index in [0.29, 0.717) is 23.1 Å². The molecule has 1 aromatic rings. The summed E-state index contributed by atoms with van der Waals surface area (Å²) in [6, 6.07) is 5.63. The Kier molecular flexibility index (Phi) is 4.30. The fraction of sp³-hybridized carbons (Fsp3) is 0.533. The number of amides is 1. The molecule has 1 saturated heterocycles. The van der Waals surface area contributed by atoms with Gasteiger partial charge in [0.25, 0.3) is 5.91 Å². The van der Waals surface area contributed by atoms with E-state index in [1.807, 2.05) is 4.90 Å². The van der Waals surface area contributed by atoms with Gasteiger partial charge in [-0.2, -0.15) is 0 Å². The predicted molar refractivity (Wildman–Crippen MR) is 73.9 cm³/mol. The molecule has 0 aliphatic carbocycles. The molecule has 19 heavy (non-hydrogen) atoms. The Morgan fingerprint density at radius 2 is 2.05 bits per heavy atom. The molecule has 2 rings (SSSR count). The lowest BCUT2D eigenvalue weighted by Gasteiger charge is -2.33. The summed E-state index contributed by atoms with van der Waals surface area (Å²) in [5.41, 5.74) is 0.608. The smallest absolute Gasteiger partial charge is 0.257 e. The number of methoxy groups -OCH3 is 2. The van der Waals surface area contributed by atoms with Crippen LogP contribution in [-0.2, 0) is 0 Å². The number of nitrogens with zero attached hydrogens (tertiary/aromatic N) is 1. The molecule has 0 N–H and O–H groups in total. The van der Waals surface area contributed by atoms with Crippen molar-refractivity contribution in [2.75, 3.05) is 20.8 Å². The van der Waals surface area contributed by atoms with Crippen LogP contribution in [0, 0.1) is 0 Å². The van der Waals surface area contributed by atoms with Crippen molar-refractivity contribution in [3.63, 3.8) is 0 Å². The van der Waals surface area contributed by atoms with Crippen LogP contribution in [0.25, 0.3) is 0 Å². The molecule has 1 fully saturated rings. The summed E-state index contributed by atoms with van der Waals surface area (Å²) in [5.74, 6) is 1.31. The minimum absolute atomic E-state index is 0.0479. The molecule has 4 nitrogen and oxygen atoms in total. The van der Waals surface area contributed by atoms with Gasteiger partial charge in [0, 0.05) is 18.7 Å². The molecular formula is C15H21NO3. The minimum atomic E-state index is 0.0479. The summed E-state index contributed by atoms with van der Waals surface area (Å²) >= 11 is 0. The first-order valence-electron chi connectivity index (χ1n) is 6.70. The van der Waals surface area contributed by atoms with E-state index >= 15 is 0 Å². The van der Waals surface area contributed by atoms with E-state index in [4.69, 9.17) is 9.47 Å². The highest BCUT2D eigenvalue weighted by atomic mass is 16.5. The quantitative estimate of drug-likeness (QED) is 0.841. The second kappa shape index (κ2) is 5.95. The Labute approximate surface area is 114 Å². The second-order valence-electron chi connectivity index (χ2n) is 4.91. The van der Waals surface area contributed by atoms with Gasteiger partial charge in [-0.05, 0) is 38.3 Å². The Hall–Kier alpha value is -1.71. The number of carbonyl (C=O) groups is 1. The summed E-state index contributed by atoms with van der Waals surface area (Å²) in [4.78, 5) is 14.5. The number of carbonyl (C=O) groups excluding carboxylic acids is 1. The van der Waals surface area contributed by atoms with Crippen molar-refractivity contribution in [1.29, 1.82) is 0 Å². The van der Waals surface area contributed by atoms with E-state index in [-0.39, 0.29) is 5.91 Å². The van der Waals surface area contributed by atoms with Crippen LogP contribution in [0.3, 0.4) is 0 Å². The number of likely N-dealkylation sites (tertiary alicyclic amines) is 1. The fourth-order valence-corrected chi connectivity index (χ4v) is 2.53. The van der Waals surface area contributed by atoms with Crippen LogP contribution in [-0.4, -0.2) is 37.6 Å². The number of ether oxygens (including phenoxy) is 2. The van der Waals surface area contributed by atoms with Crippen molar-refractivity contribution in [1.82, 2.24) is 4.90 Å². The van der Waals surface area contributed by atoms with Crippen LogP contribution < -0.4 is 9.47 Å². The maximum Gasteiger partial charge on any atom is 0.257 e. The highest BCUT2D eigenvalue weighted by Crippen LogP contribution is 2.28. The topological polar surface area (TPSA) is 38.8 Å². The lowest BCUT2D eigenvalue weighted by Crippen LogP contribution is -2.42. The highest BCUT2D eigenvalue weighted by Gasteiger charge is 2.26. The summed E-state index contributed by atoms with van der Waals surface area (Å²) < 4.78 is 10.5. The zero-order valence-corrected chi connectivity index (χ0v) is 11.8. The average Bonchev–Trinajstić information content (AvgIpc) is 2.46. The van der Waals surface area contributed by atoms with Gasteiger partial charge in [-0.3, -0.25) is 4.79 Å². The van der Waals surface area contributed by atoms with E-state index in [1.165, 1.54) is 6.42 Å². The lowest BCUT2D eigenvalue weighted by molar-refractivity contribution is 0.0632. The molecule has 1 atom stereocenters. The number of hydrogen-bond acceptors (Lipinski definition) is 3. The first-order chi connectivity index (χ1) is 9.17. The number of hydrogen-bond donors (Lipinski definition) is 0. The van der Waals surface area contributed by atoms with E-state index in [9.17, 15) is 4.79 Å². The normalized spacial score (nSPS) is 19.1.